The van der Waals surface area contributed by atoms with Crippen LogP contribution in [0.2, 0.25) is 0 Å². The first-order valence-corrected chi connectivity index (χ1v) is 24.4. The van der Waals surface area contributed by atoms with Gasteiger partial charge in [-0.15, -0.1) is 11.3 Å². The van der Waals surface area contributed by atoms with Crippen LogP contribution in [0.5, 0.6) is 5.75 Å². The Hall–Kier alpha value is -5.00. The van der Waals surface area contributed by atoms with Gasteiger partial charge < -0.3 is 20.3 Å². The van der Waals surface area contributed by atoms with Crippen molar-refractivity contribution in [2.24, 2.45) is 11.8 Å². The first-order chi connectivity index (χ1) is 29.9. The van der Waals surface area contributed by atoms with E-state index in [1.807, 2.05) is 24.3 Å². The number of anilines is 2. The van der Waals surface area contributed by atoms with Gasteiger partial charge in [-0.2, -0.15) is 0 Å². The van der Waals surface area contributed by atoms with Gasteiger partial charge in [-0.1, -0.05) is 25.1 Å². The number of nitrogens with two attached hydrogens (primary N) is 1. The molecule has 8 rings (SSSR count). The molecule has 5 heterocycles. The minimum absolute atomic E-state index is 0.0119. The number of benzene rings is 2. The lowest BCUT2D eigenvalue weighted by atomic mass is 9.85. The number of likely N-dealkylation sites (tertiary alicyclic amines) is 2. The summed E-state index contributed by atoms with van der Waals surface area (Å²) in [6.07, 6.45) is 9.76. The lowest BCUT2D eigenvalue weighted by Crippen LogP contribution is -2.45. The van der Waals surface area contributed by atoms with E-state index in [1.54, 1.807) is 31.3 Å². The monoisotopic (exact) mass is 886 g/mol. The smallest absolute Gasteiger partial charge is 0.234 e. The van der Waals surface area contributed by atoms with Crippen molar-refractivity contribution in [2.45, 2.75) is 95.5 Å². The van der Waals surface area contributed by atoms with Gasteiger partial charge in [-0.25, -0.2) is 27.8 Å². The molecule has 4 aliphatic rings. The van der Waals surface area contributed by atoms with Gasteiger partial charge in [0.1, 0.15) is 5.75 Å². The van der Waals surface area contributed by atoms with Crippen LogP contribution >= 0.6 is 11.3 Å². The number of hydrogen-bond acceptors (Lipinski definition) is 12. The molecule has 0 unspecified atom stereocenters. The van der Waals surface area contributed by atoms with Crippen LogP contribution in [0, 0.1) is 17.7 Å². The number of ether oxygens (including phenoxy) is 1. The molecule has 4 aromatic rings. The molecule has 3 amide bonds. The average molecular weight is 887 g/mol. The molecule has 0 bridgehead atoms. The topological polar surface area (TPSA) is 190 Å². The van der Waals surface area contributed by atoms with Crippen molar-refractivity contribution in [3.8, 4) is 27.6 Å². The maximum absolute atomic E-state index is 16.1. The number of nitrogen functional groups attached to an aromatic ring is 1. The minimum Gasteiger partial charge on any atom is -0.490 e. The molecule has 2 aromatic carbocycles. The van der Waals surface area contributed by atoms with Crippen molar-refractivity contribution >= 4 is 50.7 Å². The summed E-state index contributed by atoms with van der Waals surface area (Å²) >= 11 is 1.47. The number of carbonyl (C=O) groups excluding carboxylic acids is 3. The number of nitrogens with one attached hydrogen (secondary N) is 2. The molecule has 2 aromatic heterocycles. The molecule has 0 radical (unpaired) electrons. The fourth-order valence-corrected chi connectivity index (χ4v) is 11.8. The van der Waals surface area contributed by atoms with Crippen molar-refractivity contribution < 1.29 is 31.9 Å². The standard InChI is InChI=1S/C45H55FN8O6S2/c1-2-25-62(58,59)52-36-8-4-7-35(39(36)46)40-41(37-15-20-48-45(47)49-37)61-43(51-40)29-18-21-53(22-19-29)27-28-16-23-54(24-17-28)44(57)30-9-11-32(12-10-30)60-33-6-3-5-31(26-33)34-13-14-38(55)50-42(34)56/h3-8,15,20,26,28-30,32,34,52H,2,9-14,16-19,21-25,27H2,1H3,(H2,47,48,49)(H,50,55,56)/t30?,32?,34-/m1/s1. The van der Waals surface area contributed by atoms with Crippen LogP contribution in [0.15, 0.2) is 54.7 Å². The summed E-state index contributed by atoms with van der Waals surface area (Å²) in [7, 11) is -3.71. The summed E-state index contributed by atoms with van der Waals surface area (Å²) < 4.78 is 49.9. The molecule has 1 saturated carbocycles. The number of nitrogens with zero attached hydrogens (tertiary/aromatic N) is 5. The maximum atomic E-state index is 16.1. The average Bonchev–Trinajstić information content (AvgIpc) is 3.70. The summed E-state index contributed by atoms with van der Waals surface area (Å²) in [6.45, 7) is 6.11. The van der Waals surface area contributed by atoms with Gasteiger partial charge in [-0.05, 0) is 119 Å². The van der Waals surface area contributed by atoms with E-state index in [0.717, 1.165) is 100 Å². The maximum Gasteiger partial charge on any atom is 0.234 e. The summed E-state index contributed by atoms with van der Waals surface area (Å²) in [5, 5.41) is 3.32. The molecular formula is C45H55FN8O6S2. The van der Waals surface area contributed by atoms with E-state index in [4.69, 9.17) is 15.5 Å². The van der Waals surface area contributed by atoms with Gasteiger partial charge in [0.05, 0.1) is 44.7 Å². The second kappa shape index (κ2) is 19.2. The Morgan fingerprint density at radius 1 is 0.968 bits per heavy atom. The van der Waals surface area contributed by atoms with Crippen molar-refractivity contribution in [1.29, 1.82) is 0 Å². The highest BCUT2D eigenvalue weighted by Crippen LogP contribution is 2.43. The molecule has 3 saturated heterocycles. The third-order valence-electron chi connectivity index (χ3n) is 12.7. The fraction of sp³-hybridized carbons (Fsp3) is 0.511. The zero-order valence-corrected chi connectivity index (χ0v) is 36.7. The van der Waals surface area contributed by atoms with Gasteiger partial charge >= 0.3 is 0 Å². The van der Waals surface area contributed by atoms with E-state index in [0.29, 0.717) is 41.4 Å². The van der Waals surface area contributed by atoms with E-state index in [2.05, 4.69) is 29.8 Å². The Morgan fingerprint density at radius 3 is 2.45 bits per heavy atom. The lowest BCUT2D eigenvalue weighted by molar-refractivity contribution is -0.138. The molecule has 4 N–H and O–H groups in total. The zero-order chi connectivity index (χ0) is 43.4. The normalized spacial score (nSPS) is 22.0. The molecule has 4 fully saturated rings. The van der Waals surface area contributed by atoms with Crippen LogP contribution < -0.4 is 20.5 Å². The van der Waals surface area contributed by atoms with E-state index >= 15 is 4.39 Å². The molecule has 17 heteroatoms. The Morgan fingerprint density at radius 2 is 1.73 bits per heavy atom. The Balaban J connectivity index is 0.819. The Kier molecular flexibility index (Phi) is 13.5. The molecule has 14 nitrogen and oxygen atoms in total. The van der Waals surface area contributed by atoms with E-state index in [-0.39, 0.29) is 64.5 Å². The molecule has 330 valence electrons. The molecular weight excluding hydrogens is 832 g/mol. The number of thiazole rings is 1. The lowest BCUT2D eigenvalue weighted by Gasteiger charge is -2.39. The van der Waals surface area contributed by atoms with Gasteiger partial charge in [-0.3, -0.25) is 24.4 Å². The van der Waals surface area contributed by atoms with Crippen molar-refractivity contribution in [1.82, 2.24) is 30.1 Å². The summed E-state index contributed by atoms with van der Waals surface area (Å²) in [5.41, 5.74) is 7.80. The number of imide groups is 1. The second-order valence-electron chi connectivity index (χ2n) is 17.1. The second-order valence-corrected chi connectivity index (χ2v) is 20.0. The number of piperidine rings is 3. The molecule has 1 aliphatic carbocycles. The zero-order valence-electron chi connectivity index (χ0n) is 35.1. The first kappa shape index (κ1) is 43.6. The van der Waals surface area contributed by atoms with Crippen LogP contribution in [0.1, 0.15) is 100.0 Å². The largest absolute Gasteiger partial charge is 0.490 e. The molecule has 62 heavy (non-hydrogen) atoms. The number of sulfonamides is 1. The van der Waals surface area contributed by atoms with Crippen molar-refractivity contribution in [3.63, 3.8) is 0 Å². The summed E-state index contributed by atoms with van der Waals surface area (Å²) in [4.78, 5) is 56.4. The number of hydrogen-bond donors (Lipinski definition) is 3. The third-order valence-corrected chi connectivity index (χ3v) is 15.5. The Labute approximate surface area is 366 Å². The predicted octanol–water partition coefficient (Wildman–Crippen LogP) is 6.72. The third kappa shape index (κ3) is 10.3. The molecule has 3 aliphatic heterocycles. The highest BCUT2D eigenvalue weighted by atomic mass is 32.2. The molecule has 1 atom stereocenters. The number of halogens is 1. The summed E-state index contributed by atoms with van der Waals surface area (Å²) in [5.74, 6) is 0.120. The van der Waals surface area contributed by atoms with Crippen LogP contribution in [0.25, 0.3) is 21.8 Å². The number of amides is 3. The van der Waals surface area contributed by atoms with E-state index < -0.39 is 15.8 Å². The van der Waals surface area contributed by atoms with Crippen molar-refractivity contribution in [3.05, 3.63) is 71.1 Å². The van der Waals surface area contributed by atoms with Crippen molar-refractivity contribution in [2.75, 3.05) is 48.9 Å². The first-order valence-electron chi connectivity index (χ1n) is 21.9. The van der Waals surface area contributed by atoms with Gasteiger partial charge in [0, 0.05) is 49.7 Å². The summed E-state index contributed by atoms with van der Waals surface area (Å²) in [6, 6.07) is 14.0. The van der Waals surface area contributed by atoms with Crippen LogP contribution in [-0.4, -0.2) is 95.5 Å². The van der Waals surface area contributed by atoms with Crippen LogP contribution in [0.3, 0.4) is 0 Å². The van der Waals surface area contributed by atoms with E-state index in [1.165, 1.54) is 17.4 Å². The van der Waals surface area contributed by atoms with E-state index in [9.17, 15) is 22.8 Å². The Bertz CT molecular complexity index is 2370. The predicted molar refractivity (Wildman–Crippen MR) is 236 cm³/mol. The minimum atomic E-state index is -3.71. The van der Waals surface area contributed by atoms with Crippen LogP contribution in [0.4, 0.5) is 16.0 Å². The van der Waals surface area contributed by atoms with Crippen LogP contribution in [-0.2, 0) is 24.4 Å². The van der Waals surface area contributed by atoms with Gasteiger partial charge in [0.25, 0.3) is 0 Å². The highest BCUT2D eigenvalue weighted by Gasteiger charge is 2.34. The quantitative estimate of drug-likeness (QED) is 0.121. The SMILES string of the molecule is CCCS(=O)(=O)Nc1cccc(-c2nc(C3CCN(CC4CCN(C(=O)C5CCC(Oc6cccc([C@H]7CCC(=O)NC7=O)c6)CC5)CC4)CC3)sc2-c2ccnc(N)n2)c1F. The number of rotatable bonds is 13. The number of carbonyl (C=O) groups is 3. The fourth-order valence-electron chi connectivity index (χ4n) is 9.41. The van der Waals surface area contributed by atoms with Gasteiger partial charge in [0.2, 0.25) is 33.7 Å². The molecule has 0 spiro atoms. The number of aromatic nitrogens is 3. The van der Waals surface area contributed by atoms with Gasteiger partial charge in [0.15, 0.2) is 5.82 Å². The highest BCUT2D eigenvalue weighted by molar-refractivity contribution is 7.92.